The highest BCUT2D eigenvalue weighted by Crippen LogP contribution is 2.14. The maximum Gasteiger partial charge on any atom is 0.329 e. The zero-order chi connectivity index (χ0) is 24.1. The van der Waals surface area contributed by atoms with Crippen LogP contribution in [0, 0.1) is 0 Å². The van der Waals surface area contributed by atoms with Crippen LogP contribution in [0.2, 0.25) is 0 Å². The molecule has 8 nitrogen and oxygen atoms in total. The number of carbonyl (C=O) groups is 4. The Bertz CT molecular complexity index is 923. The summed E-state index contributed by atoms with van der Waals surface area (Å²) < 4.78 is 10.0. The molecule has 9 heteroatoms. The van der Waals surface area contributed by atoms with Crippen LogP contribution in [0.5, 0.6) is 0 Å². The van der Waals surface area contributed by atoms with Gasteiger partial charge in [0.15, 0.2) is 6.10 Å². The second-order valence-corrected chi connectivity index (χ2v) is 8.05. The third-order valence-corrected chi connectivity index (χ3v) is 5.67. The van der Waals surface area contributed by atoms with Crippen molar-refractivity contribution in [3.8, 4) is 0 Å². The van der Waals surface area contributed by atoms with Crippen molar-refractivity contribution >= 4 is 35.5 Å². The van der Waals surface area contributed by atoms with Crippen molar-refractivity contribution in [1.82, 2.24) is 10.6 Å². The molecule has 0 spiro atoms. The van der Waals surface area contributed by atoms with Crippen molar-refractivity contribution in [3.63, 3.8) is 0 Å². The van der Waals surface area contributed by atoms with E-state index in [-0.39, 0.29) is 13.0 Å². The minimum atomic E-state index is -1.10. The number of hydrogen-bond donors (Lipinski definition) is 2. The smallest absolute Gasteiger partial charge is 0.329 e. The Morgan fingerprint density at radius 3 is 2.21 bits per heavy atom. The summed E-state index contributed by atoms with van der Waals surface area (Å²) in [6.07, 6.45) is -0.896. The first-order valence-electron chi connectivity index (χ1n) is 10.5. The van der Waals surface area contributed by atoms with Crippen molar-refractivity contribution in [1.29, 1.82) is 0 Å². The molecular formula is C24H28N2O6S. The van der Waals surface area contributed by atoms with Crippen LogP contribution < -0.4 is 10.6 Å². The highest BCUT2D eigenvalue weighted by molar-refractivity contribution is 7.98. The van der Waals surface area contributed by atoms with Crippen LogP contribution in [0.1, 0.15) is 29.3 Å². The van der Waals surface area contributed by atoms with Gasteiger partial charge in [-0.2, -0.15) is 11.8 Å². The average Bonchev–Trinajstić information content (AvgIpc) is 2.85. The van der Waals surface area contributed by atoms with Gasteiger partial charge in [-0.05, 0) is 24.1 Å². The Kier molecular flexibility index (Phi) is 11.0. The average molecular weight is 473 g/mol. The molecule has 2 rings (SSSR count). The maximum absolute atomic E-state index is 12.6. The van der Waals surface area contributed by atoms with Crippen LogP contribution in [0.25, 0.3) is 0 Å². The Hall–Kier alpha value is -3.33. The molecular weight excluding hydrogens is 444 g/mol. The fraction of sp³-hybridized carbons (Fsp3) is 0.333. The summed E-state index contributed by atoms with van der Waals surface area (Å²) in [5.41, 5.74) is 1.50. The molecule has 2 atom stereocenters. The van der Waals surface area contributed by atoms with Gasteiger partial charge in [-0.3, -0.25) is 14.4 Å². The number of nitrogens with one attached hydrogen (secondary N) is 2. The van der Waals surface area contributed by atoms with Crippen LogP contribution in [0.15, 0.2) is 60.7 Å². The molecule has 0 bridgehead atoms. The summed E-state index contributed by atoms with van der Waals surface area (Å²) in [7, 11) is 1.25. The van der Waals surface area contributed by atoms with Gasteiger partial charge in [0, 0.05) is 17.1 Å². The maximum atomic E-state index is 12.6. The first-order valence-corrected chi connectivity index (χ1v) is 11.6. The van der Waals surface area contributed by atoms with Crippen molar-refractivity contribution < 1.29 is 28.7 Å². The Balaban J connectivity index is 1.85. The van der Waals surface area contributed by atoms with Gasteiger partial charge in [0.2, 0.25) is 0 Å². The van der Waals surface area contributed by atoms with E-state index in [9.17, 15) is 19.2 Å². The molecule has 2 aromatic rings. The molecule has 0 aliphatic rings. The molecule has 2 unspecified atom stereocenters. The Morgan fingerprint density at radius 2 is 1.61 bits per heavy atom. The van der Waals surface area contributed by atoms with Gasteiger partial charge < -0.3 is 20.1 Å². The lowest BCUT2D eigenvalue weighted by Gasteiger charge is -2.21. The molecule has 0 saturated carbocycles. The van der Waals surface area contributed by atoms with E-state index in [1.54, 1.807) is 37.3 Å². The van der Waals surface area contributed by atoms with Crippen molar-refractivity contribution in [3.05, 3.63) is 71.8 Å². The van der Waals surface area contributed by atoms with E-state index >= 15 is 0 Å². The molecule has 0 radical (unpaired) electrons. The lowest BCUT2D eigenvalue weighted by atomic mass is 10.2. The van der Waals surface area contributed by atoms with E-state index in [2.05, 4.69) is 10.6 Å². The van der Waals surface area contributed by atoms with E-state index in [0.717, 1.165) is 5.56 Å². The van der Waals surface area contributed by atoms with Crippen molar-refractivity contribution in [2.24, 2.45) is 0 Å². The summed E-state index contributed by atoms with van der Waals surface area (Å²) in [6, 6.07) is 17.3. The normalized spacial score (nSPS) is 12.2. The number of methoxy groups -OCH3 is 1. The molecule has 0 saturated heterocycles. The lowest BCUT2D eigenvalue weighted by Crippen LogP contribution is -2.48. The minimum absolute atomic E-state index is 0.204. The van der Waals surface area contributed by atoms with Gasteiger partial charge in [0.1, 0.15) is 12.6 Å². The second-order valence-electron chi connectivity index (χ2n) is 7.02. The molecule has 2 aromatic carbocycles. The Labute approximate surface area is 197 Å². The van der Waals surface area contributed by atoms with Crippen LogP contribution in [-0.2, 0) is 29.6 Å². The summed E-state index contributed by atoms with van der Waals surface area (Å²) >= 11 is 1.47. The van der Waals surface area contributed by atoms with Crippen LogP contribution in [0.3, 0.4) is 0 Å². The molecule has 2 amide bonds. The number of esters is 2. The number of amides is 2. The number of ether oxygens (including phenoxy) is 2. The monoisotopic (exact) mass is 472 g/mol. The van der Waals surface area contributed by atoms with Gasteiger partial charge in [0.05, 0.1) is 7.11 Å². The van der Waals surface area contributed by atoms with Crippen LogP contribution >= 0.6 is 11.8 Å². The van der Waals surface area contributed by atoms with Gasteiger partial charge in [0.25, 0.3) is 11.8 Å². The quantitative estimate of drug-likeness (QED) is 0.456. The third kappa shape index (κ3) is 8.97. The number of hydrogen-bond acceptors (Lipinski definition) is 7. The predicted octanol–water partition coefficient (Wildman–Crippen LogP) is 2.33. The molecule has 176 valence electrons. The first kappa shape index (κ1) is 25.9. The summed E-state index contributed by atoms with van der Waals surface area (Å²) in [5.74, 6) is -1.40. The highest BCUT2D eigenvalue weighted by Gasteiger charge is 2.27. The SMILES string of the molecule is CCC(OC(=O)CNC(=O)c1ccccc1)C(=O)NC(CSCc1ccccc1)C(=O)OC. The number of benzene rings is 2. The summed E-state index contributed by atoms with van der Waals surface area (Å²) in [4.78, 5) is 49.0. The van der Waals surface area contributed by atoms with Crippen LogP contribution in [0.4, 0.5) is 0 Å². The first-order chi connectivity index (χ1) is 15.9. The zero-order valence-electron chi connectivity index (χ0n) is 18.6. The van der Waals surface area contributed by atoms with E-state index in [1.807, 2.05) is 30.3 Å². The van der Waals surface area contributed by atoms with E-state index in [1.165, 1.54) is 18.9 Å². The van der Waals surface area contributed by atoms with Crippen molar-refractivity contribution in [2.75, 3.05) is 19.4 Å². The minimum Gasteiger partial charge on any atom is -0.467 e. The standard InChI is InChI=1S/C24H28N2O6S/c1-3-20(32-21(27)14-25-22(28)18-12-8-5-9-13-18)23(29)26-19(24(30)31-2)16-33-15-17-10-6-4-7-11-17/h4-13,19-20H,3,14-16H2,1-2H3,(H,25,28)(H,26,29). The second kappa shape index (κ2) is 13.9. The van der Waals surface area contributed by atoms with Gasteiger partial charge in [-0.15, -0.1) is 0 Å². The lowest BCUT2D eigenvalue weighted by molar-refractivity contribution is -0.156. The number of thioether (sulfide) groups is 1. The highest BCUT2D eigenvalue weighted by atomic mass is 32.2. The van der Waals surface area contributed by atoms with E-state index in [4.69, 9.17) is 9.47 Å². The molecule has 0 fully saturated rings. The molecule has 0 aromatic heterocycles. The molecule has 0 aliphatic carbocycles. The fourth-order valence-corrected chi connectivity index (χ4v) is 3.81. The molecule has 33 heavy (non-hydrogen) atoms. The van der Waals surface area contributed by atoms with Crippen molar-refractivity contribution in [2.45, 2.75) is 31.2 Å². The van der Waals surface area contributed by atoms with E-state index in [0.29, 0.717) is 17.1 Å². The predicted molar refractivity (Wildman–Crippen MR) is 125 cm³/mol. The summed E-state index contributed by atoms with van der Waals surface area (Å²) in [6.45, 7) is 1.29. The number of carbonyl (C=O) groups excluding carboxylic acids is 4. The van der Waals surface area contributed by atoms with E-state index < -0.39 is 35.9 Å². The molecule has 2 N–H and O–H groups in total. The Morgan fingerprint density at radius 1 is 0.970 bits per heavy atom. The molecule has 0 aliphatic heterocycles. The number of rotatable bonds is 12. The van der Waals surface area contributed by atoms with Gasteiger partial charge in [-0.1, -0.05) is 55.5 Å². The van der Waals surface area contributed by atoms with Gasteiger partial charge >= 0.3 is 11.9 Å². The fourth-order valence-electron chi connectivity index (χ4n) is 2.81. The summed E-state index contributed by atoms with van der Waals surface area (Å²) in [5, 5.41) is 5.06. The third-order valence-electron chi connectivity index (χ3n) is 4.56. The largest absolute Gasteiger partial charge is 0.467 e. The van der Waals surface area contributed by atoms with Crippen LogP contribution in [-0.4, -0.2) is 55.3 Å². The molecule has 0 heterocycles. The van der Waals surface area contributed by atoms with Gasteiger partial charge in [-0.25, -0.2) is 4.79 Å². The topological polar surface area (TPSA) is 111 Å². The zero-order valence-corrected chi connectivity index (χ0v) is 19.4.